The standard InChI is InChI=1S/C20H19F2N3O4/c1-10-17(19(26)24-12-5-6-13(21)14(22)9-12)18(25-20(27)23-10)11-4-7-15(28-2)16(8-11)29-3/h4-9,18H,1-3H3,(H,24,26)(H2,23,25,27). The molecule has 29 heavy (non-hydrogen) atoms. The first-order chi connectivity index (χ1) is 13.8. The number of hydrogen-bond donors (Lipinski definition) is 3. The van der Waals surface area contributed by atoms with E-state index < -0.39 is 29.6 Å². The van der Waals surface area contributed by atoms with Crippen LogP contribution in [0.5, 0.6) is 11.5 Å². The first kappa shape index (κ1) is 20.1. The van der Waals surface area contributed by atoms with Crippen molar-refractivity contribution in [2.75, 3.05) is 19.5 Å². The van der Waals surface area contributed by atoms with Gasteiger partial charge in [0.1, 0.15) is 0 Å². The number of carbonyl (C=O) groups excluding carboxylic acids is 2. The van der Waals surface area contributed by atoms with Gasteiger partial charge in [-0.3, -0.25) is 4.79 Å². The molecule has 0 spiro atoms. The Hall–Kier alpha value is -3.62. The Kier molecular flexibility index (Phi) is 5.67. The quantitative estimate of drug-likeness (QED) is 0.715. The molecule has 0 bridgehead atoms. The maximum absolute atomic E-state index is 13.5. The number of nitrogens with one attached hydrogen (secondary N) is 3. The number of anilines is 1. The fraction of sp³-hybridized carbons (Fsp3) is 0.200. The van der Waals surface area contributed by atoms with Crippen LogP contribution < -0.4 is 25.4 Å². The molecule has 3 N–H and O–H groups in total. The van der Waals surface area contributed by atoms with Gasteiger partial charge in [-0.2, -0.15) is 0 Å². The summed E-state index contributed by atoms with van der Waals surface area (Å²) in [6, 6.07) is 6.75. The highest BCUT2D eigenvalue weighted by Gasteiger charge is 2.32. The summed E-state index contributed by atoms with van der Waals surface area (Å²) in [6.07, 6.45) is 0. The summed E-state index contributed by atoms with van der Waals surface area (Å²) in [5, 5.41) is 7.76. The van der Waals surface area contributed by atoms with Crippen molar-refractivity contribution in [3.63, 3.8) is 0 Å². The minimum Gasteiger partial charge on any atom is -0.493 e. The summed E-state index contributed by atoms with van der Waals surface area (Å²) >= 11 is 0. The van der Waals surface area contributed by atoms with Crippen LogP contribution in [0.15, 0.2) is 47.7 Å². The number of ether oxygens (including phenoxy) is 2. The molecule has 2 aromatic rings. The zero-order valence-electron chi connectivity index (χ0n) is 15.9. The van der Waals surface area contributed by atoms with Crippen molar-refractivity contribution in [2.24, 2.45) is 0 Å². The molecule has 1 unspecified atom stereocenters. The van der Waals surface area contributed by atoms with Gasteiger partial charge in [0.15, 0.2) is 23.1 Å². The largest absolute Gasteiger partial charge is 0.493 e. The predicted molar refractivity (Wildman–Crippen MR) is 102 cm³/mol. The van der Waals surface area contributed by atoms with Crippen molar-refractivity contribution >= 4 is 17.6 Å². The number of allylic oxidation sites excluding steroid dienone is 1. The topological polar surface area (TPSA) is 88.7 Å². The average Bonchev–Trinajstić information content (AvgIpc) is 2.69. The van der Waals surface area contributed by atoms with Crippen LogP contribution in [0.25, 0.3) is 0 Å². The number of urea groups is 1. The lowest BCUT2D eigenvalue weighted by atomic mass is 9.94. The first-order valence-corrected chi connectivity index (χ1v) is 8.60. The Labute approximate surface area is 165 Å². The molecule has 1 aliphatic heterocycles. The van der Waals surface area contributed by atoms with E-state index in [0.29, 0.717) is 22.8 Å². The molecular weight excluding hydrogens is 384 g/mol. The van der Waals surface area contributed by atoms with Crippen LogP contribution in [-0.4, -0.2) is 26.2 Å². The molecule has 0 aliphatic carbocycles. The van der Waals surface area contributed by atoms with Gasteiger partial charge in [-0.15, -0.1) is 0 Å². The molecular formula is C20H19F2N3O4. The Morgan fingerprint density at radius 1 is 1.03 bits per heavy atom. The van der Waals surface area contributed by atoms with Crippen LogP contribution in [0.3, 0.4) is 0 Å². The van der Waals surface area contributed by atoms with Crippen LogP contribution in [0, 0.1) is 11.6 Å². The smallest absolute Gasteiger partial charge is 0.319 e. The Bertz CT molecular complexity index is 1010. The Morgan fingerprint density at radius 2 is 1.76 bits per heavy atom. The molecule has 9 heteroatoms. The molecule has 3 amide bonds. The molecule has 152 valence electrons. The summed E-state index contributed by atoms with van der Waals surface area (Å²) in [7, 11) is 2.97. The fourth-order valence-electron chi connectivity index (χ4n) is 3.05. The van der Waals surface area contributed by atoms with Gasteiger partial charge in [-0.05, 0) is 36.8 Å². The maximum Gasteiger partial charge on any atom is 0.319 e. The molecule has 2 aromatic carbocycles. The van der Waals surface area contributed by atoms with Crippen molar-refractivity contribution in [1.82, 2.24) is 10.6 Å². The average molecular weight is 403 g/mol. The van der Waals surface area contributed by atoms with E-state index in [1.165, 1.54) is 20.3 Å². The van der Waals surface area contributed by atoms with E-state index in [0.717, 1.165) is 12.1 Å². The molecule has 1 atom stereocenters. The van der Waals surface area contributed by atoms with Gasteiger partial charge < -0.3 is 25.4 Å². The normalized spacial score (nSPS) is 16.0. The van der Waals surface area contributed by atoms with Gasteiger partial charge in [-0.1, -0.05) is 6.07 Å². The third-order valence-electron chi connectivity index (χ3n) is 4.43. The predicted octanol–water partition coefficient (Wildman–Crippen LogP) is 3.25. The summed E-state index contributed by atoms with van der Waals surface area (Å²) in [6.45, 7) is 1.58. The van der Waals surface area contributed by atoms with Gasteiger partial charge >= 0.3 is 6.03 Å². The van der Waals surface area contributed by atoms with Crippen LogP contribution >= 0.6 is 0 Å². The molecule has 3 rings (SSSR count). The van der Waals surface area contributed by atoms with E-state index in [-0.39, 0.29) is 11.3 Å². The number of methoxy groups -OCH3 is 2. The number of rotatable bonds is 5. The first-order valence-electron chi connectivity index (χ1n) is 8.60. The number of amides is 3. The second-order valence-electron chi connectivity index (χ2n) is 6.27. The van der Waals surface area contributed by atoms with Crippen molar-refractivity contribution in [1.29, 1.82) is 0 Å². The highest BCUT2D eigenvalue weighted by molar-refractivity contribution is 6.06. The molecule has 0 saturated heterocycles. The van der Waals surface area contributed by atoms with Crippen molar-refractivity contribution in [3.8, 4) is 11.5 Å². The minimum atomic E-state index is -1.08. The Balaban J connectivity index is 1.97. The maximum atomic E-state index is 13.5. The van der Waals surface area contributed by atoms with E-state index in [4.69, 9.17) is 9.47 Å². The van der Waals surface area contributed by atoms with Gasteiger partial charge in [0, 0.05) is 17.5 Å². The van der Waals surface area contributed by atoms with E-state index >= 15 is 0 Å². The monoisotopic (exact) mass is 403 g/mol. The van der Waals surface area contributed by atoms with Crippen molar-refractivity contribution in [2.45, 2.75) is 13.0 Å². The van der Waals surface area contributed by atoms with E-state index in [2.05, 4.69) is 16.0 Å². The number of carbonyl (C=O) groups is 2. The van der Waals surface area contributed by atoms with Crippen LogP contribution in [0.2, 0.25) is 0 Å². The number of halogens is 2. The van der Waals surface area contributed by atoms with Crippen LogP contribution in [0.1, 0.15) is 18.5 Å². The summed E-state index contributed by atoms with van der Waals surface area (Å²) in [5.74, 6) is -1.77. The molecule has 1 aliphatic rings. The Morgan fingerprint density at radius 3 is 2.41 bits per heavy atom. The zero-order valence-corrected chi connectivity index (χ0v) is 15.9. The van der Waals surface area contributed by atoms with Gasteiger partial charge in [0.2, 0.25) is 0 Å². The molecule has 7 nitrogen and oxygen atoms in total. The zero-order chi connectivity index (χ0) is 21.1. The number of benzene rings is 2. The van der Waals surface area contributed by atoms with E-state index in [1.54, 1.807) is 25.1 Å². The second-order valence-corrected chi connectivity index (χ2v) is 6.27. The third-order valence-corrected chi connectivity index (χ3v) is 4.43. The van der Waals surface area contributed by atoms with Crippen molar-refractivity contribution in [3.05, 3.63) is 64.9 Å². The molecule has 1 heterocycles. The highest BCUT2D eigenvalue weighted by atomic mass is 19.2. The van der Waals surface area contributed by atoms with Crippen molar-refractivity contribution < 1.29 is 27.8 Å². The summed E-state index contributed by atoms with van der Waals surface area (Å²) < 4.78 is 37.1. The second kappa shape index (κ2) is 8.17. The van der Waals surface area contributed by atoms with Gasteiger partial charge in [0.25, 0.3) is 5.91 Å². The molecule has 0 aromatic heterocycles. The lowest BCUT2D eigenvalue weighted by Gasteiger charge is -2.29. The van der Waals surface area contributed by atoms with E-state index in [1.807, 2.05) is 0 Å². The lowest BCUT2D eigenvalue weighted by molar-refractivity contribution is -0.113. The molecule has 0 fully saturated rings. The lowest BCUT2D eigenvalue weighted by Crippen LogP contribution is -2.46. The van der Waals surface area contributed by atoms with Gasteiger partial charge in [0.05, 0.1) is 25.8 Å². The fourth-order valence-corrected chi connectivity index (χ4v) is 3.05. The minimum absolute atomic E-state index is 0.0807. The molecule has 0 saturated carbocycles. The van der Waals surface area contributed by atoms with E-state index in [9.17, 15) is 18.4 Å². The number of hydrogen-bond acceptors (Lipinski definition) is 4. The van der Waals surface area contributed by atoms with Crippen LogP contribution in [-0.2, 0) is 4.79 Å². The highest BCUT2D eigenvalue weighted by Crippen LogP contribution is 2.34. The molecule has 0 radical (unpaired) electrons. The third kappa shape index (κ3) is 4.13. The summed E-state index contributed by atoms with van der Waals surface area (Å²) in [4.78, 5) is 24.9. The van der Waals surface area contributed by atoms with Crippen LogP contribution in [0.4, 0.5) is 19.3 Å². The SMILES string of the molecule is COc1ccc(C2NC(=O)NC(C)=C2C(=O)Nc2ccc(F)c(F)c2)cc1OC. The summed E-state index contributed by atoms with van der Waals surface area (Å²) in [5.41, 5.74) is 1.19. The van der Waals surface area contributed by atoms with Gasteiger partial charge in [-0.25, -0.2) is 13.6 Å².